The smallest absolute Gasteiger partial charge is 0.124 e. The zero-order valence-corrected chi connectivity index (χ0v) is 10.7. The molecule has 0 spiro atoms. The molecule has 2 rings (SSSR count). The molecule has 2 aromatic rings. The van der Waals surface area contributed by atoms with Gasteiger partial charge >= 0.3 is 0 Å². The largest absolute Gasteiger partial charge is 0.398 e. The van der Waals surface area contributed by atoms with Crippen LogP contribution in [0.3, 0.4) is 0 Å². The summed E-state index contributed by atoms with van der Waals surface area (Å²) in [5.74, 6) is -0.237. The van der Waals surface area contributed by atoms with E-state index in [4.69, 9.17) is 5.73 Å². The topological polar surface area (TPSA) is 26.0 Å². The molecule has 0 aliphatic heterocycles. The van der Waals surface area contributed by atoms with E-state index in [-0.39, 0.29) is 5.82 Å². The van der Waals surface area contributed by atoms with Crippen molar-refractivity contribution in [3.05, 3.63) is 52.8 Å². The summed E-state index contributed by atoms with van der Waals surface area (Å²) < 4.78 is 14.0. The third-order valence-corrected chi connectivity index (χ3v) is 3.56. The Morgan fingerprint density at radius 3 is 2.69 bits per heavy atom. The molecule has 0 saturated carbocycles. The molecule has 0 unspecified atom stereocenters. The van der Waals surface area contributed by atoms with Gasteiger partial charge in [-0.05, 0) is 36.4 Å². The molecule has 0 fully saturated rings. The summed E-state index contributed by atoms with van der Waals surface area (Å²) in [6, 6.07) is 12.1. The quantitative estimate of drug-likeness (QED) is 0.836. The molecule has 2 N–H and O–H groups in total. The fourth-order valence-electron chi connectivity index (χ4n) is 1.25. The molecule has 0 bridgehead atoms. The van der Waals surface area contributed by atoms with Crippen molar-refractivity contribution in [2.45, 2.75) is 9.79 Å². The Morgan fingerprint density at radius 2 is 1.94 bits per heavy atom. The molecule has 0 aliphatic rings. The molecule has 0 saturated heterocycles. The Labute approximate surface area is 106 Å². The maximum atomic E-state index is 13.0. The molecule has 0 aromatic heterocycles. The van der Waals surface area contributed by atoms with Crippen LogP contribution in [0.1, 0.15) is 0 Å². The van der Waals surface area contributed by atoms with Crippen LogP contribution in [0, 0.1) is 5.82 Å². The van der Waals surface area contributed by atoms with Gasteiger partial charge in [0.05, 0.1) is 0 Å². The van der Waals surface area contributed by atoms with E-state index in [1.807, 2.05) is 24.3 Å². The number of rotatable bonds is 2. The molecule has 82 valence electrons. The SMILES string of the molecule is Nc1ccc(Br)cc1Sc1cccc(F)c1. The molecule has 0 heterocycles. The summed E-state index contributed by atoms with van der Waals surface area (Å²) in [5.41, 5.74) is 6.53. The zero-order chi connectivity index (χ0) is 11.5. The van der Waals surface area contributed by atoms with E-state index >= 15 is 0 Å². The van der Waals surface area contributed by atoms with Crippen LogP contribution in [0.2, 0.25) is 0 Å². The number of nitrogen functional groups attached to an aromatic ring is 1. The predicted octanol–water partition coefficient (Wildman–Crippen LogP) is 4.32. The molecule has 0 radical (unpaired) electrons. The third-order valence-electron chi connectivity index (χ3n) is 2.00. The van der Waals surface area contributed by atoms with Gasteiger partial charge in [0.1, 0.15) is 5.82 Å². The fourth-order valence-corrected chi connectivity index (χ4v) is 2.71. The minimum absolute atomic E-state index is 0.237. The van der Waals surface area contributed by atoms with E-state index in [1.165, 1.54) is 23.9 Å². The van der Waals surface area contributed by atoms with Crippen molar-refractivity contribution >= 4 is 33.4 Å². The normalized spacial score (nSPS) is 10.4. The lowest BCUT2D eigenvalue weighted by atomic mass is 10.3. The predicted molar refractivity (Wildman–Crippen MR) is 69.1 cm³/mol. The van der Waals surface area contributed by atoms with Crippen molar-refractivity contribution in [3.63, 3.8) is 0 Å². The molecular formula is C12H9BrFNS. The summed E-state index contributed by atoms with van der Waals surface area (Å²) in [6.45, 7) is 0. The number of hydrogen-bond donors (Lipinski definition) is 1. The maximum absolute atomic E-state index is 13.0. The average molecular weight is 298 g/mol. The highest BCUT2D eigenvalue weighted by Crippen LogP contribution is 2.34. The van der Waals surface area contributed by atoms with E-state index in [1.54, 1.807) is 6.07 Å². The summed E-state index contributed by atoms with van der Waals surface area (Å²) in [4.78, 5) is 1.75. The monoisotopic (exact) mass is 297 g/mol. The van der Waals surface area contributed by atoms with Crippen molar-refractivity contribution in [2.24, 2.45) is 0 Å². The minimum atomic E-state index is -0.237. The Kier molecular flexibility index (Phi) is 3.51. The van der Waals surface area contributed by atoms with Crippen molar-refractivity contribution in [3.8, 4) is 0 Å². The summed E-state index contributed by atoms with van der Waals surface area (Å²) in [7, 11) is 0. The number of halogens is 2. The second-order valence-corrected chi connectivity index (χ2v) is 5.27. The van der Waals surface area contributed by atoms with Crippen LogP contribution >= 0.6 is 27.7 Å². The molecule has 0 atom stereocenters. The van der Waals surface area contributed by atoms with Gasteiger partial charge in [-0.3, -0.25) is 0 Å². The summed E-state index contributed by atoms with van der Waals surface area (Å²) in [5, 5.41) is 0. The Morgan fingerprint density at radius 1 is 1.12 bits per heavy atom. The fraction of sp³-hybridized carbons (Fsp3) is 0. The van der Waals surface area contributed by atoms with Crippen molar-refractivity contribution in [1.82, 2.24) is 0 Å². The lowest BCUT2D eigenvalue weighted by Crippen LogP contribution is -1.88. The molecule has 0 amide bonds. The van der Waals surface area contributed by atoms with Crippen LogP contribution < -0.4 is 5.73 Å². The summed E-state index contributed by atoms with van der Waals surface area (Å²) in [6.07, 6.45) is 0. The van der Waals surface area contributed by atoms with Gasteiger partial charge in [-0.2, -0.15) is 0 Å². The van der Waals surface area contributed by atoms with E-state index in [9.17, 15) is 4.39 Å². The Hall–Kier alpha value is -1.00. The Balaban J connectivity index is 2.30. The first kappa shape index (κ1) is 11.5. The van der Waals surface area contributed by atoms with Gasteiger partial charge in [0.25, 0.3) is 0 Å². The first-order valence-electron chi connectivity index (χ1n) is 4.63. The van der Waals surface area contributed by atoms with Crippen molar-refractivity contribution < 1.29 is 4.39 Å². The maximum Gasteiger partial charge on any atom is 0.124 e. The Bertz CT molecular complexity index is 516. The standard InChI is InChI=1S/C12H9BrFNS/c13-8-4-5-11(15)12(6-8)16-10-3-1-2-9(14)7-10/h1-7H,15H2. The number of hydrogen-bond acceptors (Lipinski definition) is 2. The van der Waals surface area contributed by atoms with E-state index < -0.39 is 0 Å². The highest BCUT2D eigenvalue weighted by Gasteiger charge is 2.03. The van der Waals surface area contributed by atoms with Gasteiger partial charge < -0.3 is 5.73 Å². The zero-order valence-electron chi connectivity index (χ0n) is 8.28. The van der Waals surface area contributed by atoms with E-state index in [2.05, 4.69) is 15.9 Å². The van der Waals surface area contributed by atoms with Crippen LogP contribution in [-0.2, 0) is 0 Å². The average Bonchev–Trinajstić information content (AvgIpc) is 2.24. The van der Waals surface area contributed by atoms with Crippen LogP contribution in [0.5, 0.6) is 0 Å². The van der Waals surface area contributed by atoms with Crippen molar-refractivity contribution in [2.75, 3.05) is 5.73 Å². The lowest BCUT2D eigenvalue weighted by Gasteiger charge is -2.05. The molecule has 0 aliphatic carbocycles. The van der Waals surface area contributed by atoms with Gasteiger partial charge in [-0.25, -0.2) is 4.39 Å². The molecule has 1 nitrogen and oxygen atoms in total. The summed E-state index contributed by atoms with van der Waals surface area (Å²) >= 11 is 4.83. The van der Waals surface area contributed by atoms with Gasteiger partial charge in [0, 0.05) is 20.0 Å². The van der Waals surface area contributed by atoms with E-state index in [0.29, 0.717) is 5.69 Å². The van der Waals surface area contributed by atoms with Gasteiger partial charge in [-0.15, -0.1) is 0 Å². The first-order chi connectivity index (χ1) is 7.65. The van der Waals surface area contributed by atoms with Gasteiger partial charge in [-0.1, -0.05) is 33.8 Å². The van der Waals surface area contributed by atoms with Crippen LogP contribution in [-0.4, -0.2) is 0 Å². The van der Waals surface area contributed by atoms with E-state index in [0.717, 1.165) is 14.3 Å². The lowest BCUT2D eigenvalue weighted by molar-refractivity contribution is 0.624. The van der Waals surface area contributed by atoms with Gasteiger partial charge in [0.2, 0.25) is 0 Å². The molecule has 16 heavy (non-hydrogen) atoms. The van der Waals surface area contributed by atoms with Crippen molar-refractivity contribution in [1.29, 1.82) is 0 Å². The number of anilines is 1. The highest BCUT2D eigenvalue weighted by molar-refractivity contribution is 9.10. The number of nitrogens with two attached hydrogens (primary N) is 1. The highest BCUT2D eigenvalue weighted by atomic mass is 79.9. The van der Waals surface area contributed by atoms with Crippen LogP contribution in [0.15, 0.2) is 56.7 Å². The molecule has 4 heteroatoms. The second kappa shape index (κ2) is 4.89. The first-order valence-corrected chi connectivity index (χ1v) is 6.24. The molecule has 2 aromatic carbocycles. The number of benzene rings is 2. The minimum Gasteiger partial charge on any atom is -0.398 e. The van der Waals surface area contributed by atoms with Gasteiger partial charge in [0.15, 0.2) is 0 Å². The third kappa shape index (κ3) is 2.77. The second-order valence-electron chi connectivity index (χ2n) is 3.24. The molecular weight excluding hydrogens is 289 g/mol. The van der Waals surface area contributed by atoms with Crippen LogP contribution in [0.4, 0.5) is 10.1 Å². The van der Waals surface area contributed by atoms with Crippen LogP contribution in [0.25, 0.3) is 0 Å².